The van der Waals surface area contributed by atoms with Crippen LogP contribution in [0.4, 0.5) is 0 Å². The summed E-state index contributed by atoms with van der Waals surface area (Å²) in [5, 5.41) is 0. The van der Waals surface area contributed by atoms with Crippen molar-refractivity contribution in [1.29, 1.82) is 0 Å². The van der Waals surface area contributed by atoms with E-state index in [1.165, 1.54) is 5.57 Å². The Hall–Kier alpha value is -1.83. The highest BCUT2D eigenvalue weighted by Gasteiger charge is 2.27. The molecular weight excluding hydrogens is 234 g/mol. The molecule has 0 saturated heterocycles. The lowest BCUT2D eigenvalue weighted by molar-refractivity contribution is 0.0696. The Bertz CT molecular complexity index is 475. The Labute approximate surface area is 115 Å². The number of carbonyl (C=O) groups is 1. The number of carbonyl (C=O) groups excluding carboxylic acids is 1. The molecule has 0 N–H and O–H groups in total. The first-order valence-corrected chi connectivity index (χ1v) is 6.93. The van der Waals surface area contributed by atoms with Gasteiger partial charge < -0.3 is 4.90 Å². The Morgan fingerprint density at radius 2 is 2.16 bits per heavy atom. The maximum absolute atomic E-state index is 12.6. The summed E-state index contributed by atoms with van der Waals surface area (Å²) in [4.78, 5) is 14.6. The molecule has 1 aliphatic rings. The minimum Gasteiger partial charge on any atom is -0.331 e. The summed E-state index contributed by atoms with van der Waals surface area (Å²) in [7, 11) is 0. The summed E-state index contributed by atoms with van der Waals surface area (Å²) in [6.45, 7) is 6.78. The molecule has 0 fully saturated rings. The van der Waals surface area contributed by atoms with Crippen molar-refractivity contribution >= 4 is 5.91 Å². The molecule has 1 atom stereocenters. The lowest BCUT2D eigenvalue weighted by atomic mass is 9.94. The highest BCUT2D eigenvalue weighted by molar-refractivity contribution is 5.94. The molecule has 0 aliphatic carbocycles. The van der Waals surface area contributed by atoms with Gasteiger partial charge in [-0.15, -0.1) is 6.58 Å². The minimum atomic E-state index is 0.131. The molecule has 1 aromatic carbocycles. The van der Waals surface area contributed by atoms with Crippen molar-refractivity contribution in [2.45, 2.75) is 32.2 Å². The fourth-order valence-corrected chi connectivity index (χ4v) is 2.69. The van der Waals surface area contributed by atoms with Gasteiger partial charge in [0.15, 0.2) is 0 Å². The second kappa shape index (κ2) is 6.37. The number of benzene rings is 1. The SMILES string of the molecule is C=CCC1C(CC)=CCCN1C(=O)c1ccccc1. The van der Waals surface area contributed by atoms with Gasteiger partial charge in [-0.2, -0.15) is 0 Å². The first kappa shape index (κ1) is 13.6. The maximum atomic E-state index is 12.6. The molecule has 0 saturated carbocycles. The molecule has 2 rings (SSSR count). The van der Waals surface area contributed by atoms with Crippen LogP contribution in [0.5, 0.6) is 0 Å². The largest absolute Gasteiger partial charge is 0.331 e. The van der Waals surface area contributed by atoms with E-state index in [1.54, 1.807) is 0 Å². The van der Waals surface area contributed by atoms with Gasteiger partial charge >= 0.3 is 0 Å². The smallest absolute Gasteiger partial charge is 0.254 e. The van der Waals surface area contributed by atoms with E-state index in [0.29, 0.717) is 0 Å². The van der Waals surface area contributed by atoms with E-state index < -0.39 is 0 Å². The topological polar surface area (TPSA) is 20.3 Å². The van der Waals surface area contributed by atoms with Crippen LogP contribution in [0.3, 0.4) is 0 Å². The Kier molecular flexibility index (Phi) is 4.56. The van der Waals surface area contributed by atoms with E-state index in [1.807, 2.05) is 41.3 Å². The van der Waals surface area contributed by atoms with Crippen molar-refractivity contribution in [3.8, 4) is 0 Å². The summed E-state index contributed by atoms with van der Waals surface area (Å²) in [6, 6.07) is 9.72. The molecule has 0 spiro atoms. The first-order valence-electron chi connectivity index (χ1n) is 6.93. The van der Waals surface area contributed by atoms with Crippen LogP contribution in [0.1, 0.15) is 36.5 Å². The first-order chi connectivity index (χ1) is 9.27. The third-order valence-electron chi connectivity index (χ3n) is 3.66. The van der Waals surface area contributed by atoms with E-state index >= 15 is 0 Å². The van der Waals surface area contributed by atoms with Crippen molar-refractivity contribution < 1.29 is 4.79 Å². The molecule has 2 nitrogen and oxygen atoms in total. The fraction of sp³-hybridized carbons (Fsp3) is 0.353. The summed E-state index contributed by atoms with van der Waals surface area (Å²) >= 11 is 0. The van der Waals surface area contributed by atoms with Gasteiger partial charge in [0, 0.05) is 12.1 Å². The number of amides is 1. The van der Waals surface area contributed by atoms with E-state index in [-0.39, 0.29) is 11.9 Å². The lowest BCUT2D eigenvalue weighted by Gasteiger charge is -2.36. The van der Waals surface area contributed by atoms with Gasteiger partial charge in [-0.1, -0.05) is 42.8 Å². The minimum absolute atomic E-state index is 0.131. The van der Waals surface area contributed by atoms with E-state index in [4.69, 9.17) is 0 Å². The average molecular weight is 255 g/mol. The summed E-state index contributed by atoms with van der Waals surface area (Å²) < 4.78 is 0. The summed E-state index contributed by atoms with van der Waals surface area (Å²) in [6.07, 6.45) is 6.97. The number of hydrogen-bond acceptors (Lipinski definition) is 1. The van der Waals surface area contributed by atoms with Gasteiger partial charge in [-0.25, -0.2) is 0 Å². The Balaban J connectivity index is 2.25. The monoisotopic (exact) mass is 255 g/mol. The van der Waals surface area contributed by atoms with Crippen LogP contribution in [-0.2, 0) is 0 Å². The number of nitrogens with zero attached hydrogens (tertiary/aromatic N) is 1. The summed E-state index contributed by atoms with van der Waals surface area (Å²) in [5.74, 6) is 0.131. The molecule has 19 heavy (non-hydrogen) atoms. The van der Waals surface area contributed by atoms with Crippen molar-refractivity contribution in [3.63, 3.8) is 0 Å². The van der Waals surface area contributed by atoms with Crippen LogP contribution in [-0.4, -0.2) is 23.4 Å². The molecule has 1 amide bonds. The molecule has 1 aliphatic heterocycles. The lowest BCUT2D eigenvalue weighted by Crippen LogP contribution is -2.43. The predicted octanol–water partition coefficient (Wildman–Crippen LogP) is 3.81. The van der Waals surface area contributed by atoms with Crippen LogP contribution in [0.15, 0.2) is 54.6 Å². The van der Waals surface area contributed by atoms with Crippen LogP contribution >= 0.6 is 0 Å². The molecule has 0 aromatic heterocycles. The van der Waals surface area contributed by atoms with Crippen LogP contribution in [0.25, 0.3) is 0 Å². The molecular formula is C17H21NO. The zero-order valence-corrected chi connectivity index (χ0v) is 11.5. The zero-order valence-electron chi connectivity index (χ0n) is 11.5. The zero-order chi connectivity index (χ0) is 13.7. The number of rotatable bonds is 4. The van der Waals surface area contributed by atoms with E-state index in [9.17, 15) is 4.79 Å². The van der Waals surface area contributed by atoms with Gasteiger partial charge in [0.05, 0.1) is 6.04 Å². The van der Waals surface area contributed by atoms with Gasteiger partial charge in [-0.05, 0) is 31.4 Å². The van der Waals surface area contributed by atoms with Crippen molar-refractivity contribution in [1.82, 2.24) is 4.90 Å². The van der Waals surface area contributed by atoms with Gasteiger partial charge in [-0.3, -0.25) is 4.79 Å². The van der Waals surface area contributed by atoms with Crippen LogP contribution in [0, 0.1) is 0 Å². The van der Waals surface area contributed by atoms with Gasteiger partial charge in [0.25, 0.3) is 5.91 Å². The Morgan fingerprint density at radius 1 is 1.42 bits per heavy atom. The Morgan fingerprint density at radius 3 is 2.79 bits per heavy atom. The molecule has 1 heterocycles. The maximum Gasteiger partial charge on any atom is 0.254 e. The van der Waals surface area contributed by atoms with Gasteiger partial charge in [0.1, 0.15) is 0 Å². The van der Waals surface area contributed by atoms with Crippen molar-refractivity contribution in [3.05, 3.63) is 60.2 Å². The quantitative estimate of drug-likeness (QED) is 0.749. The normalized spacial score (nSPS) is 18.9. The third-order valence-corrected chi connectivity index (χ3v) is 3.66. The van der Waals surface area contributed by atoms with E-state index in [2.05, 4.69) is 19.6 Å². The molecule has 2 heteroatoms. The molecule has 1 unspecified atom stereocenters. The molecule has 0 bridgehead atoms. The van der Waals surface area contributed by atoms with E-state index in [0.717, 1.165) is 31.4 Å². The number of hydrogen-bond donors (Lipinski definition) is 0. The van der Waals surface area contributed by atoms with Gasteiger partial charge in [0.2, 0.25) is 0 Å². The third kappa shape index (κ3) is 2.95. The fourth-order valence-electron chi connectivity index (χ4n) is 2.69. The predicted molar refractivity (Wildman–Crippen MR) is 79.1 cm³/mol. The van der Waals surface area contributed by atoms with Crippen molar-refractivity contribution in [2.75, 3.05) is 6.54 Å². The molecule has 100 valence electrons. The van der Waals surface area contributed by atoms with Crippen molar-refractivity contribution in [2.24, 2.45) is 0 Å². The highest BCUT2D eigenvalue weighted by atomic mass is 16.2. The second-order valence-electron chi connectivity index (χ2n) is 4.83. The molecule has 0 radical (unpaired) electrons. The highest BCUT2D eigenvalue weighted by Crippen LogP contribution is 2.25. The summed E-state index contributed by atoms with van der Waals surface area (Å²) in [5.41, 5.74) is 2.13. The average Bonchev–Trinajstić information content (AvgIpc) is 2.48. The van der Waals surface area contributed by atoms with Crippen LogP contribution < -0.4 is 0 Å². The standard InChI is InChI=1S/C17H21NO/c1-3-9-16-14(4-2)12-8-13-18(16)17(19)15-10-6-5-7-11-15/h3,5-7,10-12,16H,1,4,8-9,13H2,2H3. The second-order valence-corrected chi connectivity index (χ2v) is 4.83. The van der Waals surface area contributed by atoms with Crippen LogP contribution in [0.2, 0.25) is 0 Å². The molecule has 1 aromatic rings.